The maximum Gasteiger partial charge on any atom is 0.182 e. The van der Waals surface area contributed by atoms with E-state index in [0.29, 0.717) is 32.1 Å². The number of hydrogen-bond donors (Lipinski definition) is 3. The van der Waals surface area contributed by atoms with Gasteiger partial charge in [0.05, 0.1) is 18.9 Å². The maximum absolute atomic E-state index is 9.06. The van der Waals surface area contributed by atoms with Crippen LogP contribution in [0.4, 0.5) is 5.69 Å². The van der Waals surface area contributed by atoms with Gasteiger partial charge in [0, 0.05) is 38.5 Å². The molecule has 32 heavy (non-hydrogen) atoms. The Morgan fingerprint density at radius 3 is 2.62 bits per heavy atom. The molecular weight excluding hydrogens is 402 g/mol. The molecule has 0 fully saturated rings. The molecule has 0 saturated carbocycles. The number of ether oxygens (including phenoxy) is 1. The van der Waals surface area contributed by atoms with Crippen molar-refractivity contribution in [2.45, 2.75) is 13.5 Å². The molecule has 3 N–H and O–H groups in total. The minimum absolute atomic E-state index is 0.103. The Morgan fingerprint density at radius 2 is 1.84 bits per heavy atom. The highest BCUT2D eigenvalue weighted by Gasteiger charge is 2.15. The molecule has 166 valence electrons. The van der Waals surface area contributed by atoms with Crippen LogP contribution in [0.2, 0.25) is 0 Å². The summed E-state index contributed by atoms with van der Waals surface area (Å²) in [4.78, 5) is 4.88. The van der Waals surface area contributed by atoms with Crippen molar-refractivity contribution in [2.75, 3.05) is 38.7 Å². The Labute approximate surface area is 188 Å². The third-order valence-corrected chi connectivity index (χ3v) is 5.39. The number of benzene rings is 2. The van der Waals surface area contributed by atoms with Crippen molar-refractivity contribution in [3.8, 4) is 22.5 Å². The summed E-state index contributed by atoms with van der Waals surface area (Å²) in [5, 5.41) is 20.5. The minimum atomic E-state index is 0.103. The molecule has 0 saturated heterocycles. The third-order valence-electron chi connectivity index (χ3n) is 5.39. The molecule has 7 heteroatoms. The van der Waals surface area contributed by atoms with Gasteiger partial charge in [-0.3, -0.25) is 0 Å². The molecule has 0 bridgehead atoms. The van der Waals surface area contributed by atoms with Crippen LogP contribution in [0.25, 0.3) is 28.2 Å². The molecule has 7 nitrogen and oxygen atoms in total. The van der Waals surface area contributed by atoms with Gasteiger partial charge in [-0.2, -0.15) is 0 Å². The lowest BCUT2D eigenvalue weighted by molar-refractivity contribution is 0.211. The van der Waals surface area contributed by atoms with E-state index in [2.05, 4.69) is 66.1 Å². The summed E-state index contributed by atoms with van der Waals surface area (Å²) in [6, 6.07) is 18.7. The van der Waals surface area contributed by atoms with Crippen LogP contribution in [0.5, 0.6) is 0 Å². The van der Waals surface area contributed by atoms with Crippen molar-refractivity contribution in [3.05, 3.63) is 71.9 Å². The van der Waals surface area contributed by atoms with Gasteiger partial charge in [0.25, 0.3) is 0 Å². The van der Waals surface area contributed by atoms with Crippen LogP contribution in [-0.2, 0) is 11.3 Å². The molecule has 2 aromatic heterocycles. The van der Waals surface area contributed by atoms with Gasteiger partial charge in [-0.05, 0) is 35.2 Å². The highest BCUT2D eigenvalue weighted by Crippen LogP contribution is 2.31. The number of anilines is 1. The third kappa shape index (κ3) is 4.80. The zero-order valence-corrected chi connectivity index (χ0v) is 18.5. The summed E-state index contributed by atoms with van der Waals surface area (Å²) in [7, 11) is 1.68. The summed E-state index contributed by atoms with van der Waals surface area (Å²) in [6.45, 7) is 4.66. The van der Waals surface area contributed by atoms with Gasteiger partial charge in [-0.1, -0.05) is 48.5 Å². The SMILES string of the molecule is COCCNc1cc(CNCCO)cn2nc(-c3cccc(-c4ccccc4)c3C)nc12. The number of hydrogen-bond acceptors (Lipinski definition) is 6. The van der Waals surface area contributed by atoms with Crippen LogP contribution in [-0.4, -0.2) is 53.1 Å². The van der Waals surface area contributed by atoms with Gasteiger partial charge in [-0.25, -0.2) is 9.50 Å². The number of fused-ring (bicyclic) bond motifs is 1. The number of methoxy groups -OCH3 is 1. The molecule has 4 aromatic rings. The first-order valence-corrected chi connectivity index (χ1v) is 10.8. The highest BCUT2D eigenvalue weighted by molar-refractivity contribution is 5.77. The number of pyridine rings is 1. The van der Waals surface area contributed by atoms with Crippen LogP contribution in [0.3, 0.4) is 0 Å². The molecule has 0 aliphatic carbocycles. The summed E-state index contributed by atoms with van der Waals surface area (Å²) >= 11 is 0. The van der Waals surface area contributed by atoms with Crippen molar-refractivity contribution in [1.82, 2.24) is 19.9 Å². The van der Waals surface area contributed by atoms with E-state index in [-0.39, 0.29) is 6.61 Å². The number of aliphatic hydroxyl groups is 1. The number of nitrogens with zero attached hydrogens (tertiary/aromatic N) is 3. The smallest absolute Gasteiger partial charge is 0.182 e. The van der Waals surface area contributed by atoms with E-state index >= 15 is 0 Å². The summed E-state index contributed by atoms with van der Waals surface area (Å²) < 4.78 is 7.01. The van der Waals surface area contributed by atoms with Gasteiger partial charge >= 0.3 is 0 Å². The molecule has 0 aliphatic heterocycles. The Hall–Kier alpha value is -3.26. The first-order chi connectivity index (χ1) is 15.7. The first-order valence-electron chi connectivity index (χ1n) is 10.8. The number of aliphatic hydroxyl groups excluding tert-OH is 1. The van der Waals surface area contributed by atoms with Crippen molar-refractivity contribution in [3.63, 3.8) is 0 Å². The lowest BCUT2D eigenvalue weighted by Gasteiger charge is -2.10. The first kappa shape index (κ1) is 22.0. The van der Waals surface area contributed by atoms with E-state index in [0.717, 1.165) is 28.0 Å². The normalized spacial score (nSPS) is 11.2. The average molecular weight is 432 g/mol. The lowest BCUT2D eigenvalue weighted by atomic mass is 9.96. The quantitative estimate of drug-likeness (QED) is 0.333. The second-order valence-electron chi connectivity index (χ2n) is 7.63. The van der Waals surface area contributed by atoms with E-state index < -0.39 is 0 Å². The molecule has 4 rings (SSSR count). The number of aromatic nitrogens is 3. The minimum Gasteiger partial charge on any atom is -0.395 e. The number of nitrogens with one attached hydrogen (secondary N) is 2. The summed E-state index contributed by atoms with van der Waals surface area (Å²) in [5.74, 6) is 0.690. The monoisotopic (exact) mass is 431 g/mol. The van der Waals surface area contributed by atoms with Gasteiger partial charge in [0.2, 0.25) is 0 Å². The lowest BCUT2D eigenvalue weighted by Crippen LogP contribution is -2.18. The Balaban J connectivity index is 1.74. The van der Waals surface area contributed by atoms with Gasteiger partial charge in [-0.15, -0.1) is 5.10 Å². The predicted octanol–water partition coefficient (Wildman–Crippen LogP) is 3.51. The molecule has 0 radical (unpaired) electrons. The van der Waals surface area contributed by atoms with Crippen molar-refractivity contribution < 1.29 is 9.84 Å². The Kier molecular flexibility index (Phi) is 7.11. The van der Waals surface area contributed by atoms with Crippen LogP contribution >= 0.6 is 0 Å². The molecule has 2 aromatic carbocycles. The largest absolute Gasteiger partial charge is 0.395 e. The molecule has 2 heterocycles. The van der Waals surface area contributed by atoms with Crippen molar-refractivity contribution in [1.29, 1.82) is 0 Å². The van der Waals surface area contributed by atoms with E-state index in [4.69, 9.17) is 19.9 Å². The fourth-order valence-electron chi connectivity index (χ4n) is 3.79. The highest BCUT2D eigenvalue weighted by atomic mass is 16.5. The fraction of sp³-hybridized carbons (Fsp3) is 0.280. The molecule has 0 unspecified atom stereocenters. The van der Waals surface area contributed by atoms with Crippen LogP contribution < -0.4 is 10.6 Å². The summed E-state index contributed by atoms with van der Waals surface area (Å²) in [5.41, 5.74) is 7.24. The van der Waals surface area contributed by atoms with E-state index in [9.17, 15) is 0 Å². The van der Waals surface area contributed by atoms with E-state index in [1.807, 2.05) is 16.8 Å². The van der Waals surface area contributed by atoms with Gasteiger partial charge in [0.1, 0.15) is 0 Å². The Bertz CT molecular complexity index is 1170. The van der Waals surface area contributed by atoms with E-state index in [1.165, 1.54) is 11.1 Å². The Morgan fingerprint density at radius 1 is 1.03 bits per heavy atom. The van der Waals surface area contributed by atoms with Crippen LogP contribution in [0.15, 0.2) is 60.8 Å². The zero-order chi connectivity index (χ0) is 22.3. The van der Waals surface area contributed by atoms with Gasteiger partial charge in [0.15, 0.2) is 11.5 Å². The van der Waals surface area contributed by atoms with Crippen LogP contribution in [0, 0.1) is 6.92 Å². The second-order valence-corrected chi connectivity index (χ2v) is 7.63. The molecule has 0 aliphatic rings. The number of rotatable bonds is 10. The van der Waals surface area contributed by atoms with Crippen LogP contribution in [0.1, 0.15) is 11.1 Å². The second kappa shape index (κ2) is 10.4. The topological polar surface area (TPSA) is 83.7 Å². The van der Waals surface area contributed by atoms with Crippen molar-refractivity contribution in [2.24, 2.45) is 0 Å². The molecular formula is C25H29N5O2. The van der Waals surface area contributed by atoms with Gasteiger partial charge < -0.3 is 20.5 Å². The zero-order valence-electron chi connectivity index (χ0n) is 18.5. The molecule has 0 atom stereocenters. The molecule has 0 spiro atoms. The average Bonchev–Trinajstić information content (AvgIpc) is 3.24. The standard InChI is InChI=1S/C25H29N5O2/c1-18-21(20-7-4-3-5-8-20)9-6-10-22(18)24-28-25-23(27-12-14-32-2)15-19(16-26-11-13-31)17-30(25)29-24/h3-10,15,17,26-27,31H,11-14,16H2,1-2H3. The fourth-order valence-corrected chi connectivity index (χ4v) is 3.79. The molecule has 0 amide bonds. The predicted molar refractivity (Wildman–Crippen MR) is 128 cm³/mol. The van der Waals surface area contributed by atoms with E-state index in [1.54, 1.807) is 7.11 Å². The van der Waals surface area contributed by atoms with Crippen molar-refractivity contribution >= 4 is 11.3 Å². The summed E-state index contributed by atoms with van der Waals surface area (Å²) in [6.07, 6.45) is 1.98. The maximum atomic E-state index is 9.06.